The van der Waals surface area contributed by atoms with Crippen molar-refractivity contribution in [3.05, 3.63) is 41.7 Å². The number of aromatic carboxylic acids is 1. The van der Waals surface area contributed by atoms with E-state index in [2.05, 4.69) is 10.3 Å². The van der Waals surface area contributed by atoms with Gasteiger partial charge in [0.15, 0.2) is 5.69 Å². The van der Waals surface area contributed by atoms with E-state index in [1.807, 2.05) is 31.2 Å². The fourth-order valence-electron chi connectivity index (χ4n) is 1.40. The van der Waals surface area contributed by atoms with E-state index < -0.39 is 5.97 Å². The molecule has 0 unspecified atom stereocenters. The predicted octanol–water partition coefficient (Wildman–Crippen LogP) is 1.36. The van der Waals surface area contributed by atoms with Gasteiger partial charge in [-0.05, 0) is 19.1 Å². The second-order valence-corrected chi connectivity index (χ2v) is 3.83. The van der Waals surface area contributed by atoms with Gasteiger partial charge in [0, 0.05) is 0 Å². The first kappa shape index (κ1) is 12.1. The number of ether oxygens (including phenoxy) is 1. The first-order chi connectivity index (χ1) is 8.65. The molecule has 0 aliphatic rings. The minimum atomic E-state index is -1.08. The number of carboxylic acid groups (broad SMARTS) is 1. The number of aryl methyl sites for hydroxylation is 1. The van der Waals surface area contributed by atoms with Crippen molar-refractivity contribution in [1.29, 1.82) is 0 Å². The molecular weight excluding hydrogens is 234 g/mol. The van der Waals surface area contributed by atoms with Crippen LogP contribution in [0.15, 0.2) is 30.5 Å². The summed E-state index contributed by atoms with van der Waals surface area (Å²) in [6.45, 7) is 2.87. The third-order valence-electron chi connectivity index (χ3n) is 2.37. The van der Waals surface area contributed by atoms with Crippen molar-refractivity contribution in [2.75, 3.05) is 6.61 Å². The third-order valence-corrected chi connectivity index (χ3v) is 2.37. The van der Waals surface area contributed by atoms with Crippen LogP contribution < -0.4 is 4.74 Å². The molecule has 2 aromatic rings. The Labute approximate surface area is 104 Å². The van der Waals surface area contributed by atoms with E-state index >= 15 is 0 Å². The Balaban J connectivity index is 1.84. The second-order valence-electron chi connectivity index (χ2n) is 3.83. The standard InChI is InChI=1S/C12H13N3O3/c1-9-2-4-10(5-3-9)18-7-6-15-8-11(12(16)17)13-14-15/h2-5,8H,6-7H2,1H3,(H,16,17). The van der Waals surface area contributed by atoms with Gasteiger partial charge in [-0.15, -0.1) is 5.10 Å². The average Bonchev–Trinajstić information content (AvgIpc) is 2.81. The van der Waals surface area contributed by atoms with Crippen LogP contribution in [0.2, 0.25) is 0 Å². The summed E-state index contributed by atoms with van der Waals surface area (Å²) in [7, 11) is 0. The van der Waals surface area contributed by atoms with Gasteiger partial charge in [-0.3, -0.25) is 0 Å². The molecule has 0 spiro atoms. The van der Waals surface area contributed by atoms with Gasteiger partial charge in [-0.2, -0.15) is 0 Å². The lowest BCUT2D eigenvalue weighted by Crippen LogP contribution is -2.08. The summed E-state index contributed by atoms with van der Waals surface area (Å²) in [5, 5.41) is 15.9. The van der Waals surface area contributed by atoms with E-state index in [9.17, 15) is 4.79 Å². The van der Waals surface area contributed by atoms with E-state index in [4.69, 9.17) is 9.84 Å². The predicted molar refractivity (Wildman–Crippen MR) is 63.7 cm³/mol. The minimum absolute atomic E-state index is 0.0645. The Morgan fingerprint density at radius 3 is 2.72 bits per heavy atom. The van der Waals surface area contributed by atoms with Crippen LogP contribution in [-0.2, 0) is 6.54 Å². The highest BCUT2D eigenvalue weighted by Crippen LogP contribution is 2.11. The molecule has 0 fully saturated rings. The number of hydrogen-bond acceptors (Lipinski definition) is 4. The zero-order valence-corrected chi connectivity index (χ0v) is 9.91. The maximum Gasteiger partial charge on any atom is 0.358 e. The average molecular weight is 247 g/mol. The van der Waals surface area contributed by atoms with E-state index in [-0.39, 0.29) is 5.69 Å². The van der Waals surface area contributed by atoms with Gasteiger partial charge in [-0.25, -0.2) is 9.48 Å². The van der Waals surface area contributed by atoms with Crippen LogP contribution in [0.4, 0.5) is 0 Å². The Bertz CT molecular complexity index is 534. The summed E-state index contributed by atoms with van der Waals surface area (Å²) in [4.78, 5) is 10.6. The molecule has 1 aromatic carbocycles. The molecule has 0 atom stereocenters. The highest BCUT2D eigenvalue weighted by Gasteiger charge is 2.07. The van der Waals surface area contributed by atoms with Crippen molar-refractivity contribution in [3.63, 3.8) is 0 Å². The van der Waals surface area contributed by atoms with Crippen molar-refractivity contribution in [2.45, 2.75) is 13.5 Å². The van der Waals surface area contributed by atoms with Gasteiger partial charge in [0.2, 0.25) is 0 Å². The number of aromatic nitrogens is 3. The number of benzene rings is 1. The van der Waals surface area contributed by atoms with E-state index in [1.165, 1.54) is 16.4 Å². The van der Waals surface area contributed by atoms with Crippen LogP contribution in [0, 0.1) is 6.92 Å². The Morgan fingerprint density at radius 2 is 2.11 bits per heavy atom. The molecule has 6 heteroatoms. The van der Waals surface area contributed by atoms with Gasteiger partial charge in [0.1, 0.15) is 12.4 Å². The summed E-state index contributed by atoms with van der Waals surface area (Å²) < 4.78 is 6.94. The lowest BCUT2D eigenvalue weighted by molar-refractivity contribution is 0.0690. The largest absolute Gasteiger partial charge is 0.492 e. The van der Waals surface area contributed by atoms with Gasteiger partial charge >= 0.3 is 5.97 Å². The van der Waals surface area contributed by atoms with Crippen LogP contribution in [0.1, 0.15) is 16.1 Å². The van der Waals surface area contributed by atoms with Gasteiger partial charge in [-0.1, -0.05) is 22.9 Å². The molecule has 18 heavy (non-hydrogen) atoms. The maximum absolute atomic E-state index is 10.6. The highest BCUT2D eigenvalue weighted by molar-refractivity contribution is 5.84. The van der Waals surface area contributed by atoms with Crippen LogP contribution in [-0.4, -0.2) is 32.7 Å². The van der Waals surface area contributed by atoms with Crippen LogP contribution >= 0.6 is 0 Å². The monoisotopic (exact) mass is 247 g/mol. The summed E-state index contributed by atoms with van der Waals surface area (Å²) in [6.07, 6.45) is 1.38. The van der Waals surface area contributed by atoms with Gasteiger partial charge in [0.05, 0.1) is 12.7 Å². The fraction of sp³-hybridized carbons (Fsp3) is 0.250. The molecule has 0 radical (unpaired) electrons. The Kier molecular flexibility index (Phi) is 3.57. The molecule has 0 bridgehead atoms. The van der Waals surface area contributed by atoms with Crippen molar-refractivity contribution >= 4 is 5.97 Å². The van der Waals surface area contributed by atoms with Crippen molar-refractivity contribution in [2.24, 2.45) is 0 Å². The first-order valence-corrected chi connectivity index (χ1v) is 5.48. The lowest BCUT2D eigenvalue weighted by atomic mass is 10.2. The summed E-state index contributed by atoms with van der Waals surface area (Å²) in [5.74, 6) is -0.306. The van der Waals surface area contributed by atoms with Crippen LogP contribution in [0.5, 0.6) is 5.75 Å². The molecule has 1 N–H and O–H groups in total. The normalized spacial score (nSPS) is 10.3. The molecule has 0 aliphatic heterocycles. The van der Waals surface area contributed by atoms with E-state index in [0.717, 1.165) is 5.75 Å². The third kappa shape index (κ3) is 3.07. The van der Waals surface area contributed by atoms with Crippen molar-refractivity contribution < 1.29 is 14.6 Å². The number of hydrogen-bond donors (Lipinski definition) is 1. The summed E-state index contributed by atoms with van der Waals surface area (Å²) in [6, 6.07) is 7.71. The molecule has 0 aliphatic carbocycles. The van der Waals surface area contributed by atoms with Gasteiger partial charge < -0.3 is 9.84 Å². The summed E-state index contributed by atoms with van der Waals surface area (Å²) >= 11 is 0. The number of rotatable bonds is 5. The van der Waals surface area contributed by atoms with Crippen LogP contribution in [0.3, 0.4) is 0 Å². The number of carboxylic acids is 1. The maximum atomic E-state index is 10.6. The molecule has 0 amide bonds. The molecule has 94 valence electrons. The minimum Gasteiger partial charge on any atom is -0.492 e. The topological polar surface area (TPSA) is 77.2 Å². The zero-order chi connectivity index (χ0) is 13.0. The summed E-state index contributed by atoms with van der Waals surface area (Å²) in [5.41, 5.74) is 1.11. The number of nitrogens with zero attached hydrogens (tertiary/aromatic N) is 3. The van der Waals surface area contributed by atoms with Gasteiger partial charge in [0.25, 0.3) is 0 Å². The molecule has 6 nitrogen and oxygen atoms in total. The molecule has 0 saturated carbocycles. The Morgan fingerprint density at radius 1 is 1.39 bits per heavy atom. The molecule has 1 heterocycles. The second kappa shape index (κ2) is 5.31. The fourth-order valence-corrected chi connectivity index (χ4v) is 1.40. The van der Waals surface area contributed by atoms with E-state index in [1.54, 1.807) is 0 Å². The first-order valence-electron chi connectivity index (χ1n) is 5.48. The lowest BCUT2D eigenvalue weighted by Gasteiger charge is -2.05. The van der Waals surface area contributed by atoms with E-state index in [0.29, 0.717) is 13.2 Å². The quantitative estimate of drug-likeness (QED) is 0.863. The van der Waals surface area contributed by atoms with Crippen LogP contribution in [0.25, 0.3) is 0 Å². The molecular formula is C12H13N3O3. The Hall–Kier alpha value is -2.37. The number of carbonyl (C=O) groups is 1. The molecule has 0 saturated heterocycles. The molecule has 1 aromatic heterocycles. The molecule has 2 rings (SSSR count). The highest BCUT2D eigenvalue weighted by atomic mass is 16.5. The zero-order valence-electron chi connectivity index (χ0n) is 9.91. The van der Waals surface area contributed by atoms with Crippen molar-refractivity contribution in [3.8, 4) is 5.75 Å². The SMILES string of the molecule is Cc1ccc(OCCn2cc(C(=O)O)nn2)cc1. The smallest absolute Gasteiger partial charge is 0.358 e. The van der Waals surface area contributed by atoms with Crippen molar-refractivity contribution in [1.82, 2.24) is 15.0 Å².